The van der Waals surface area contributed by atoms with Crippen LogP contribution < -0.4 is 10.6 Å². The minimum Gasteiger partial charge on any atom is -0.336 e. The quantitative estimate of drug-likeness (QED) is 0.904. The fourth-order valence-corrected chi connectivity index (χ4v) is 2.48. The molecule has 1 aromatic heterocycles. The highest BCUT2D eigenvalue weighted by Gasteiger charge is 2.06. The summed E-state index contributed by atoms with van der Waals surface area (Å²) in [5.74, 6) is 0. The third kappa shape index (κ3) is 2.38. The molecule has 0 spiro atoms. The van der Waals surface area contributed by atoms with E-state index in [0.29, 0.717) is 6.54 Å². The van der Waals surface area contributed by atoms with Crippen molar-refractivity contribution in [3.8, 4) is 0 Å². The van der Waals surface area contributed by atoms with Crippen LogP contribution in [0, 0.1) is 0 Å². The van der Waals surface area contributed by atoms with Gasteiger partial charge in [-0.3, -0.25) is 0 Å². The van der Waals surface area contributed by atoms with Crippen LogP contribution in [0.15, 0.2) is 36.4 Å². The Hall–Kier alpha value is -1.03. The molecule has 16 heavy (non-hydrogen) atoms. The Morgan fingerprint density at radius 1 is 1.19 bits per heavy atom. The maximum atomic E-state index is 5.91. The second-order valence-corrected chi connectivity index (χ2v) is 5.20. The maximum absolute atomic E-state index is 5.91. The Labute approximate surface area is 104 Å². The summed E-state index contributed by atoms with van der Waals surface area (Å²) in [7, 11) is 2.03. The summed E-state index contributed by atoms with van der Waals surface area (Å²) in [5, 5.41) is 1.13. The molecule has 2 N–H and O–H groups in total. The van der Waals surface area contributed by atoms with Crippen LogP contribution in [-0.4, -0.2) is 7.05 Å². The van der Waals surface area contributed by atoms with Gasteiger partial charge in [-0.15, -0.1) is 11.3 Å². The fraction of sp³-hybridized carbons (Fsp3) is 0.167. The standard InChI is InChI=1S/C12H13ClN2S/c1-15(12-7-6-11(13)16-12)10-4-2-9(8-14)3-5-10/h2-7H,8,14H2,1H3. The first-order chi connectivity index (χ1) is 7.70. The number of halogens is 1. The van der Waals surface area contributed by atoms with E-state index in [1.807, 2.05) is 31.3 Å². The summed E-state index contributed by atoms with van der Waals surface area (Å²) in [6.45, 7) is 0.578. The molecule has 0 saturated carbocycles. The number of hydrogen-bond acceptors (Lipinski definition) is 3. The van der Waals surface area contributed by atoms with Gasteiger partial charge in [-0.25, -0.2) is 0 Å². The van der Waals surface area contributed by atoms with E-state index in [1.54, 1.807) is 11.3 Å². The van der Waals surface area contributed by atoms with E-state index in [0.717, 1.165) is 20.6 Å². The normalized spacial score (nSPS) is 10.4. The highest BCUT2D eigenvalue weighted by Crippen LogP contribution is 2.33. The predicted molar refractivity (Wildman–Crippen MR) is 71.7 cm³/mol. The molecule has 1 aromatic carbocycles. The number of hydrogen-bond donors (Lipinski definition) is 1. The van der Waals surface area contributed by atoms with E-state index in [9.17, 15) is 0 Å². The van der Waals surface area contributed by atoms with Crippen LogP contribution in [0.4, 0.5) is 10.7 Å². The summed E-state index contributed by atoms with van der Waals surface area (Å²) < 4.78 is 0.806. The smallest absolute Gasteiger partial charge is 0.0966 e. The van der Waals surface area contributed by atoms with E-state index in [4.69, 9.17) is 17.3 Å². The summed E-state index contributed by atoms with van der Waals surface area (Å²) in [6, 6.07) is 12.1. The number of benzene rings is 1. The second kappa shape index (κ2) is 4.87. The van der Waals surface area contributed by atoms with Crippen molar-refractivity contribution < 1.29 is 0 Å². The molecule has 0 atom stereocenters. The van der Waals surface area contributed by atoms with Crippen molar-refractivity contribution in [3.05, 3.63) is 46.3 Å². The van der Waals surface area contributed by atoms with E-state index < -0.39 is 0 Å². The second-order valence-electron chi connectivity index (χ2n) is 3.51. The zero-order valence-electron chi connectivity index (χ0n) is 8.98. The van der Waals surface area contributed by atoms with Gasteiger partial charge in [0, 0.05) is 19.3 Å². The zero-order valence-corrected chi connectivity index (χ0v) is 10.6. The van der Waals surface area contributed by atoms with Crippen molar-refractivity contribution in [3.63, 3.8) is 0 Å². The number of rotatable bonds is 3. The van der Waals surface area contributed by atoms with Crippen molar-refractivity contribution >= 4 is 33.6 Å². The molecule has 0 saturated heterocycles. The predicted octanol–water partition coefficient (Wildman–Crippen LogP) is 3.63. The summed E-state index contributed by atoms with van der Waals surface area (Å²) >= 11 is 7.48. The average Bonchev–Trinajstić information content (AvgIpc) is 2.75. The van der Waals surface area contributed by atoms with Gasteiger partial charge in [-0.2, -0.15) is 0 Å². The van der Waals surface area contributed by atoms with Gasteiger partial charge in [0.05, 0.1) is 9.34 Å². The van der Waals surface area contributed by atoms with Gasteiger partial charge in [0.2, 0.25) is 0 Å². The maximum Gasteiger partial charge on any atom is 0.0966 e. The molecular formula is C12H13ClN2S. The van der Waals surface area contributed by atoms with Gasteiger partial charge < -0.3 is 10.6 Å². The number of nitrogens with two attached hydrogens (primary N) is 1. The summed E-state index contributed by atoms with van der Waals surface area (Å²) in [6.07, 6.45) is 0. The molecule has 4 heteroatoms. The minimum absolute atomic E-state index is 0.578. The molecule has 2 rings (SSSR count). The van der Waals surface area contributed by atoms with Gasteiger partial charge in [0.15, 0.2) is 0 Å². The molecule has 0 fully saturated rings. The van der Waals surface area contributed by atoms with Crippen molar-refractivity contribution in [2.45, 2.75) is 6.54 Å². The Kier molecular flexibility index (Phi) is 3.49. The molecule has 0 aliphatic rings. The SMILES string of the molecule is CN(c1ccc(CN)cc1)c1ccc(Cl)s1. The van der Waals surface area contributed by atoms with Gasteiger partial charge >= 0.3 is 0 Å². The molecule has 0 unspecified atom stereocenters. The lowest BCUT2D eigenvalue weighted by molar-refractivity contribution is 1.07. The van der Waals surface area contributed by atoms with Crippen LogP contribution in [0.2, 0.25) is 4.34 Å². The summed E-state index contributed by atoms with van der Waals surface area (Å²) in [5.41, 5.74) is 7.84. The highest BCUT2D eigenvalue weighted by atomic mass is 35.5. The van der Waals surface area contributed by atoms with E-state index >= 15 is 0 Å². The van der Waals surface area contributed by atoms with Crippen molar-refractivity contribution in [1.29, 1.82) is 0 Å². The Balaban J connectivity index is 2.23. The lowest BCUT2D eigenvalue weighted by atomic mass is 10.2. The lowest BCUT2D eigenvalue weighted by Gasteiger charge is -2.17. The molecule has 0 radical (unpaired) electrons. The van der Waals surface area contributed by atoms with Crippen LogP contribution in [0.5, 0.6) is 0 Å². The van der Waals surface area contributed by atoms with E-state index in [1.165, 1.54) is 0 Å². The Morgan fingerprint density at radius 2 is 1.88 bits per heavy atom. The topological polar surface area (TPSA) is 29.3 Å². The lowest BCUT2D eigenvalue weighted by Crippen LogP contribution is -2.07. The first-order valence-electron chi connectivity index (χ1n) is 4.99. The van der Waals surface area contributed by atoms with Gasteiger partial charge in [-0.05, 0) is 29.8 Å². The molecule has 0 aliphatic carbocycles. The van der Waals surface area contributed by atoms with E-state index in [-0.39, 0.29) is 0 Å². The van der Waals surface area contributed by atoms with Crippen molar-refractivity contribution in [1.82, 2.24) is 0 Å². The molecule has 84 valence electrons. The third-order valence-electron chi connectivity index (χ3n) is 2.45. The third-order valence-corrected chi connectivity index (χ3v) is 3.76. The minimum atomic E-state index is 0.578. The molecule has 0 aliphatic heterocycles. The van der Waals surface area contributed by atoms with Crippen LogP contribution >= 0.6 is 22.9 Å². The number of anilines is 2. The van der Waals surface area contributed by atoms with Crippen LogP contribution in [-0.2, 0) is 6.54 Å². The van der Waals surface area contributed by atoms with Gasteiger partial charge in [0.25, 0.3) is 0 Å². The fourth-order valence-electron chi connectivity index (χ4n) is 1.47. The Morgan fingerprint density at radius 3 is 2.38 bits per heavy atom. The monoisotopic (exact) mass is 252 g/mol. The molecule has 0 bridgehead atoms. The number of thiophene rings is 1. The van der Waals surface area contributed by atoms with E-state index in [2.05, 4.69) is 17.0 Å². The summed E-state index contributed by atoms with van der Waals surface area (Å²) in [4.78, 5) is 2.11. The largest absolute Gasteiger partial charge is 0.336 e. The van der Waals surface area contributed by atoms with Gasteiger partial charge in [0.1, 0.15) is 0 Å². The van der Waals surface area contributed by atoms with Crippen LogP contribution in [0.1, 0.15) is 5.56 Å². The molecular weight excluding hydrogens is 240 g/mol. The molecule has 2 nitrogen and oxygen atoms in total. The van der Waals surface area contributed by atoms with Crippen molar-refractivity contribution in [2.75, 3.05) is 11.9 Å². The Bertz CT molecular complexity index is 464. The number of nitrogens with zero attached hydrogens (tertiary/aromatic N) is 1. The molecule has 2 aromatic rings. The highest BCUT2D eigenvalue weighted by molar-refractivity contribution is 7.20. The zero-order chi connectivity index (χ0) is 11.5. The first-order valence-corrected chi connectivity index (χ1v) is 6.18. The average molecular weight is 253 g/mol. The van der Waals surface area contributed by atoms with Gasteiger partial charge in [-0.1, -0.05) is 23.7 Å². The van der Waals surface area contributed by atoms with Crippen LogP contribution in [0.25, 0.3) is 0 Å². The molecule has 1 heterocycles. The van der Waals surface area contributed by atoms with Crippen LogP contribution in [0.3, 0.4) is 0 Å². The first kappa shape index (κ1) is 11.5. The van der Waals surface area contributed by atoms with Crippen molar-refractivity contribution in [2.24, 2.45) is 5.73 Å². The molecule has 0 amide bonds.